The lowest BCUT2D eigenvalue weighted by Gasteiger charge is -2.09. The van der Waals surface area contributed by atoms with Crippen LogP contribution in [0, 0.1) is 0 Å². The first-order valence-electron chi connectivity index (χ1n) is 13.2. The number of rotatable bonds is 23. The van der Waals surface area contributed by atoms with Gasteiger partial charge in [-0.05, 0) is 38.5 Å². The topological polar surface area (TPSA) is 26.3 Å². The van der Waals surface area contributed by atoms with Crippen molar-refractivity contribution in [2.24, 2.45) is 0 Å². The van der Waals surface area contributed by atoms with Gasteiger partial charge >= 0.3 is 5.97 Å². The first-order valence-corrected chi connectivity index (χ1v) is 14.3. The SMILES string of the molecule is CCCCCCCCCC/C(=C/C(=O)OCCCCCCCCCBr)CCCCC. The van der Waals surface area contributed by atoms with Gasteiger partial charge in [0.25, 0.3) is 0 Å². The summed E-state index contributed by atoms with van der Waals surface area (Å²) in [5.74, 6) is -0.113. The smallest absolute Gasteiger partial charge is 0.330 e. The van der Waals surface area contributed by atoms with E-state index in [1.54, 1.807) is 0 Å². The molecule has 0 radical (unpaired) electrons. The third-order valence-corrected chi connectivity index (χ3v) is 6.36. The Bertz CT molecular complexity index is 392. The van der Waals surface area contributed by atoms with E-state index in [9.17, 15) is 4.79 Å². The fraction of sp³-hybridized carbons (Fsp3) is 0.889. The van der Waals surface area contributed by atoms with Gasteiger partial charge in [0.2, 0.25) is 0 Å². The molecule has 0 aliphatic heterocycles. The zero-order valence-corrected chi connectivity index (χ0v) is 21.9. The summed E-state index contributed by atoms with van der Waals surface area (Å²) in [5, 5.41) is 1.12. The van der Waals surface area contributed by atoms with E-state index >= 15 is 0 Å². The van der Waals surface area contributed by atoms with Crippen molar-refractivity contribution in [1.29, 1.82) is 0 Å². The van der Waals surface area contributed by atoms with Crippen LogP contribution in [0.1, 0.15) is 142 Å². The highest BCUT2D eigenvalue weighted by molar-refractivity contribution is 9.09. The van der Waals surface area contributed by atoms with Gasteiger partial charge in [-0.3, -0.25) is 0 Å². The molecule has 3 heteroatoms. The molecule has 0 saturated carbocycles. The van der Waals surface area contributed by atoms with Crippen LogP contribution < -0.4 is 0 Å². The minimum Gasteiger partial charge on any atom is -0.463 e. The largest absolute Gasteiger partial charge is 0.463 e. The Morgan fingerprint density at radius 1 is 0.633 bits per heavy atom. The molecule has 0 unspecified atom stereocenters. The fourth-order valence-electron chi connectivity index (χ4n) is 3.82. The Kier molecular flexibility index (Phi) is 24.7. The van der Waals surface area contributed by atoms with Gasteiger partial charge in [-0.15, -0.1) is 0 Å². The summed E-state index contributed by atoms with van der Waals surface area (Å²) in [4.78, 5) is 12.2. The number of carbonyl (C=O) groups is 1. The zero-order valence-electron chi connectivity index (χ0n) is 20.3. The second-order valence-corrected chi connectivity index (χ2v) is 9.61. The molecule has 0 fully saturated rings. The second-order valence-electron chi connectivity index (χ2n) is 8.82. The molecule has 0 aliphatic carbocycles. The van der Waals surface area contributed by atoms with Crippen LogP contribution in [0.15, 0.2) is 11.6 Å². The number of hydrogen-bond acceptors (Lipinski definition) is 2. The number of hydrogen-bond donors (Lipinski definition) is 0. The number of carbonyl (C=O) groups excluding carboxylic acids is 1. The lowest BCUT2D eigenvalue weighted by Crippen LogP contribution is -2.04. The molecule has 0 atom stereocenters. The standard InChI is InChI=1S/C27H51BrO2/c1-3-5-7-8-9-11-14-18-22-26(21-17-6-4-2)25-27(29)30-24-20-16-13-10-12-15-19-23-28/h25H,3-24H2,1-2H3/b26-25+. The van der Waals surface area contributed by atoms with Gasteiger partial charge in [-0.1, -0.05) is 125 Å². The maximum absolute atomic E-state index is 12.2. The molecule has 0 heterocycles. The van der Waals surface area contributed by atoms with Gasteiger partial charge in [0.1, 0.15) is 0 Å². The molecule has 178 valence electrons. The first kappa shape index (κ1) is 29.7. The fourth-order valence-corrected chi connectivity index (χ4v) is 4.22. The predicted molar refractivity (Wildman–Crippen MR) is 137 cm³/mol. The molecule has 0 aliphatic rings. The Morgan fingerprint density at radius 3 is 1.63 bits per heavy atom. The van der Waals surface area contributed by atoms with E-state index in [0.717, 1.165) is 24.6 Å². The third kappa shape index (κ3) is 22.4. The Balaban J connectivity index is 3.95. The number of ether oxygens (including phenoxy) is 1. The van der Waals surface area contributed by atoms with Crippen molar-refractivity contribution in [3.63, 3.8) is 0 Å². The lowest BCUT2D eigenvalue weighted by atomic mass is 10.00. The second kappa shape index (κ2) is 25.0. The van der Waals surface area contributed by atoms with Gasteiger partial charge in [-0.25, -0.2) is 4.79 Å². The van der Waals surface area contributed by atoms with Crippen molar-refractivity contribution in [1.82, 2.24) is 0 Å². The van der Waals surface area contributed by atoms with Crippen LogP contribution in [0.3, 0.4) is 0 Å². The van der Waals surface area contributed by atoms with E-state index in [1.807, 2.05) is 6.08 Å². The van der Waals surface area contributed by atoms with Crippen molar-refractivity contribution in [2.75, 3.05) is 11.9 Å². The number of halogens is 1. The molecule has 0 saturated heterocycles. The summed E-state index contributed by atoms with van der Waals surface area (Å²) in [5.41, 5.74) is 1.31. The highest BCUT2D eigenvalue weighted by atomic mass is 79.9. The van der Waals surface area contributed by atoms with E-state index in [4.69, 9.17) is 4.74 Å². The van der Waals surface area contributed by atoms with Crippen molar-refractivity contribution in [3.8, 4) is 0 Å². The van der Waals surface area contributed by atoms with Crippen LogP contribution in [0.4, 0.5) is 0 Å². The molecule has 0 bridgehead atoms. The summed E-state index contributed by atoms with van der Waals surface area (Å²) in [7, 11) is 0. The molecule has 0 N–H and O–H groups in total. The summed E-state index contributed by atoms with van der Waals surface area (Å²) in [6.07, 6.45) is 27.0. The molecule has 0 aromatic heterocycles. The molecule has 30 heavy (non-hydrogen) atoms. The quantitative estimate of drug-likeness (QED) is 0.0620. The highest BCUT2D eigenvalue weighted by Gasteiger charge is 2.04. The van der Waals surface area contributed by atoms with Gasteiger partial charge in [0.15, 0.2) is 0 Å². The molecular formula is C27H51BrO2. The van der Waals surface area contributed by atoms with Crippen LogP contribution in [0.5, 0.6) is 0 Å². The Labute approximate surface area is 197 Å². The van der Waals surface area contributed by atoms with E-state index in [0.29, 0.717) is 6.61 Å². The summed E-state index contributed by atoms with van der Waals surface area (Å²) >= 11 is 3.48. The average molecular weight is 488 g/mol. The van der Waals surface area contributed by atoms with Gasteiger partial charge in [-0.2, -0.15) is 0 Å². The third-order valence-electron chi connectivity index (χ3n) is 5.80. The molecule has 2 nitrogen and oxygen atoms in total. The van der Waals surface area contributed by atoms with E-state index in [1.165, 1.54) is 115 Å². The summed E-state index contributed by atoms with van der Waals surface area (Å²) in [6.45, 7) is 5.08. The van der Waals surface area contributed by atoms with Gasteiger partial charge in [0.05, 0.1) is 6.61 Å². The van der Waals surface area contributed by atoms with Crippen molar-refractivity contribution < 1.29 is 9.53 Å². The van der Waals surface area contributed by atoms with Crippen molar-refractivity contribution >= 4 is 21.9 Å². The highest BCUT2D eigenvalue weighted by Crippen LogP contribution is 2.18. The first-order chi connectivity index (χ1) is 14.7. The Hall–Kier alpha value is -0.310. The lowest BCUT2D eigenvalue weighted by molar-refractivity contribution is -0.137. The number of esters is 1. The van der Waals surface area contributed by atoms with Crippen molar-refractivity contribution in [3.05, 3.63) is 11.6 Å². The predicted octanol–water partition coefficient (Wildman–Crippen LogP) is 9.69. The van der Waals surface area contributed by atoms with E-state index < -0.39 is 0 Å². The van der Waals surface area contributed by atoms with Crippen LogP contribution in [0.25, 0.3) is 0 Å². The van der Waals surface area contributed by atoms with Crippen molar-refractivity contribution in [2.45, 2.75) is 142 Å². The summed E-state index contributed by atoms with van der Waals surface area (Å²) in [6, 6.07) is 0. The van der Waals surface area contributed by atoms with Gasteiger partial charge < -0.3 is 4.74 Å². The van der Waals surface area contributed by atoms with Crippen LogP contribution in [0.2, 0.25) is 0 Å². The van der Waals surface area contributed by atoms with E-state index in [-0.39, 0.29) is 5.97 Å². The monoisotopic (exact) mass is 486 g/mol. The molecule has 0 rings (SSSR count). The maximum atomic E-state index is 12.2. The minimum atomic E-state index is -0.113. The average Bonchev–Trinajstić information content (AvgIpc) is 2.74. The van der Waals surface area contributed by atoms with Crippen LogP contribution in [-0.4, -0.2) is 17.9 Å². The molecule has 0 aromatic carbocycles. The van der Waals surface area contributed by atoms with Gasteiger partial charge in [0, 0.05) is 11.4 Å². The molecular weight excluding hydrogens is 436 g/mol. The molecule has 0 spiro atoms. The molecule has 0 aromatic rings. The van der Waals surface area contributed by atoms with Crippen LogP contribution in [-0.2, 0) is 9.53 Å². The number of unbranched alkanes of at least 4 members (excludes halogenated alkanes) is 15. The number of alkyl halides is 1. The Morgan fingerprint density at radius 2 is 1.07 bits per heavy atom. The zero-order chi connectivity index (χ0) is 22.1. The minimum absolute atomic E-state index is 0.113. The summed E-state index contributed by atoms with van der Waals surface area (Å²) < 4.78 is 5.48. The maximum Gasteiger partial charge on any atom is 0.330 e. The molecule has 0 amide bonds. The van der Waals surface area contributed by atoms with E-state index in [2.05, 4.69) is 29.8 Å². The van der Waals surface area contributed by atoms with Crippen LogP contribution >= 0.6 is 15.9 Å². The number of allylic oxidation sites excluding steroid dienone is 1. The normalized spacial score (nSPS) is 11.8.